The summed E-state index contributed by atoms with van der Waals surface area (Å²) in [6.45, 7) is 3.92. The number of nitrogens with zero attached hydrogens (tertiary/aromatic N) is 1. The van der Waals surface area contributed by atoms with Crippen LogP contribution in [0.1, 0.15) is 37.1 Å². The number of hydrogen-bond donors (Lipinski definition) is 1. The van der Waals surface area contributed by atoms with Gasteiger partial charge in [-0.25, -0.2) is 4.39 Å². The fraction of sp³-hybridized carbons (Fsp3) is 0.250. The number of halogens is 1. The summed E-state index contributed by atoms with van der Waals surface area (Å²) in [4.78, 5) is 10.2. The van der Waals surface area contributed by atoms with Gasteiger partial charge < -0.3 is 5.32 Å². The van der Waals surface area contributed by atoms with E-state index in [1.54, 1.807) is 18.2 Å². The summed E-state index contributed by atoms with van der Waals surface area (Å²) in [5, 5.41) is 14.0. The van der Waals surface area contributed by atoms with Gasteiger partial charge in [-0.1, -0.05) is 24.3 Å². The molecule has 0 aromatic heterocycles. The highest BCUT2D eigenvalue weighted by molar-refractivity contribution is 5.34. The number of nitro benzene ring substituents is 1. The van der Waals surface area contributed by atoms with Crippen LogP contribution in [0, 0.1) is 15.9 Å². The third-order valence-corrected chi connectivity index (χ3v) is 3.45. The van der Waals surface area contributed by atoms with Crippen molar-refractivity contribution in [3.8, 4) is 0 Å². The van der Waals surface area contributed by atoms with Gasteiger partial charge >= 0.3 is 0 Å². The van der Waals surface area contributed by atoms with Crippen molar-refractivity contribution in [1.29, 1.82) is 0 Å². The summed E-state index contributed by atoms with van der Waals surface area (Å²) in [6, 6.07) is 12.9. The van der Waals surface area contributed by atoms with Crippen molar-refractivity contribution in [2.24, 2.45) is 0 Å². The minimum atomic E-state index is -0.419. The largest absolute Gasteiger partial charge is 0.304 e. The van der Waals surface area contributed by atoms with E-state index in [0.717, 1.165) is 11.1 Å². The minimum Gasteiger partial charge on any atom is -0.304 e. The molecule has 1 unspecified atom stereocenters. The van der Waals surface area contributed by atoms with Crippen molar-refractivity contribution in [3.05, 3.63) is 75.6 Å². The molecule has 21 heavy (non-hydrogen) atoms. The highest BCUT2D eigenvalue weighted by Crippen LogP contribution is 2.21. The molecule has 0 aliphatic rings. The first-order chi connectivity index (χ1) is 9.97. The zero-order valence-electron chi connectivity index (χ0n) is 11.9. The molecule has 0 amide bonds. The zero-order chi connectivity index (χ0) is 15.4. The van der Waals surface area contributed by atoms with Crippen LogP contribution in [0.4, 0.5) is 10.1 Å². The standard InChI is InChI=1S/C16H17FN2O2/c1-11(13-6-8-16(9-7-13)19(20)21)18-12(2)14-4-3-5-15(17)10-14/h3-12,18H,1-2H3/t11?,12-/m0/s1. The maximum Gasteiger partial charge on any atom is 0.269 e. The lowest BCUT2D eigenvalue weighted by Gasteiger charge is -2.20. The van der Waals surface area contributed by atoms with E-state index in [1.165, 1.54) is 24.3 Å². The van der Waals surface area contributed by atoms with Crippen LogP contribution >= 0.6 is 0 Å². The Kier molecular flexibility index (Phi) is 4.65. The highest BCUT2D eigenvalue weighted by Gasteiger charge is 2.13. The number of nitrogens with one attached hydrogen (secondary N) is 1. The van der Waals surface area contributed by atoms with Gasteiger partial charge in [-0.3, -0.25) is 10.1 Å². The second-order valence-electron chi connectivity index (χ2n) is 5.01. The molecule has 0 radical (unpaired) electrons. The minimum absolute atomic E-state index is 0.00377. The van der Waals surface area contributed by atoms with E-state index in [9.17, 15) is 14.5 Å². The topological polar surface area (TPSA) is 55.2 Å². The maximum absolute atomic E-state index is 13.2. The van der Waals surface area contributed by atoms with E-state index in [2.05, 4.69) is 5.32 Å². The molecular weight excluding hydrogens is 271 g/mol. The fourth-order valence-corrected chi connectivity index (χ4v) is 2.23. The predicted octanol–water partition coefficient (Wildman–Crippen LogP) is 4.15. The van der Waals surface area contributed by atoms with Crippen LogP contribution in [0.2, 0.25) is 0 Å². The molecule has 0 spiro atoms. The van der Waals surface area contributed by atoms with E-state index in [4.69, 9.17) is 0 Å². The normalized spacial score (nSPS) is 13.7. The summed E-state index contributed by atoms with van der Waals surface area (Å²) in [5.41, 5.74) is 1.89. The molecule has 0 saturated heterocycles. The average Bonchev–Trinajstić information content (AvgIpc) is 2.47. The molecule has 0 bridgehead atoms. The Balaban J connectivity index is 2.06. The third-order valence-electron chi connectivity index (χ3n) is 3.45. The first kappa shape index (κ1) is 15.1. The molecular formula is C16H17FN2O2. The first-order valence-electron chi connectivity index (χ1n) is 6.73. The predicted molar refractivity (Wildman–Crippen MR) is 79.5 cm³/mol. The van der Waals surface area contributed by atoms with Gasteiger partial charge in [0.25, 0.3) is 5.69 Å². The van der Waals surface area contributed by atoms with Gasteiger partial charge in [-0.2, -0.15) is 0 Å². The number of nitro groups is 1. The third kappa shape index (κ3) is 3.86. The maximum atomic E-state index is 13.2. The van der Waals surface area contributed by atoms with Crippen molar-refractivity contribution in [2.45, 2.75) is 25.9 Å². The van der Waals surface area contributed by atoms with E-state index in [0.29, 0.717) is 0 Å². The van der Waals surface area contributed by atoms with Gasteiger partial charge in [-0.15, -0.1) is 0 Å². The van der Waals surface area contributed by atoms with Gasteiger partial charge in [0, 0.05) is 24.2 Å². The summed E-state index contributed by atoms with van der Waals surface area (Å²) in [6.07, 6.45) is 0. The molecule has 0 aliphatic carbocycles. The summed E-state index contributed by atoms with van der Waals surface area (Å²) in [7, 11) is 0. The first-order valence-corrected chi connectivity index (χ1v) is 6.73. The molecule has 2 aromatic rings. The summed E-state index contributed by atoms with van der Waals surface area (Å²) < 4.78 is 13.2. The monoisotopic (exact) mass is 288 g/mol. The molecule has 2 aromatic carbocycles. The second kappa shape index (κ2) is 6.45. The quantitative estimate of drug-likeness (QED) is 0.664. The van der Waals surface area contributed by atoms with Crippen LogP contribution in [0.25, 0.3) is 0 Å². The van der Waals surface area contributed by atoms with Gasteiger partial charge in [0.15, 0.2) is 0 Å². The van der Waals surface area contributed by atoms with Gasteiger partial charge in [0.1, 0.15) is 5.82 Å². The van der Waals surface area contributed by atoms with Crippen molar-refractivity contribution < 1.29 is 9.31 Å². The molecule has 4 nitrogen and oxygen atoms in total. The van der Waals surface area contributed by atoms with Crippen molar-refractivity contribution >= 4 is 5.69 Å². The lowest BCUT2D eigenvalue weighted by atomic mass is 10.0. The molecule has 1 N–H and O–H groups in total. The van der Waals surface area contributed by atoms with Crippen molar-refractivity contribution in [1.82, 2.24) is 5.32 Å². The van der Waals surface area contributed by atoms with Crippen molar-refractivity contribution in [2.75, 3.05) is 0 Å². The van der Waals surface area contributed by atoms with E-state index in [-0.39, 0.29) is 23.6 Å². The Labute approximate surface area is 122 Å². The molecule has 2 rings (SSSR count). The second-order valence-corrected chi connectivity index (χ2v) is 5.01. The Morgan fingerprint density at radius 2 is 1.67 bits per heavy atom. The SMILES string of the molecule is CC(N[C@@H](C)c1cccc(F)c1)c1ccc([N+](=O)[O-])cc1. The smallest absolute Gasteiger partial charge is 0.269 e. The highest BCUT2D eigenvalue weighted by atomic mass is 19.1. The molecule has 0 fully saturated rings. The number of non-ortho nitro benzene ring substituents is 1. The van der Waals surface area contributed by atoms with Crippen LogP contribution in [0.15, 0.2) is 48.5 Å². The van der Waals surface area contributed by atoms with Gasteiger partial charge in [0.2, 0.25) is 0 Å². The van der Waals surface area contributed by atoms with Gasteiger partial charge in [-0.05, 0) is 37.1 Å². The van der Waals surface area contributed by atoms with Crippen LogP contribution < -0.4 is 5.32 Å². The molecule has 0 heterocycles. The lowest BCUT2D eigenvalue weighted by Crippen LogP contribution is -2.22. The average molecular weight is 288 g/mol. The number of rotatable bonds is 5. The Morgan fingerprint density at radius 1 is 1.05 bits per heavy atom. The molecule has 5 heteroatoms. The molecule has 2 atom stereocenters. The number of benzene rings is 2. The van der Waals surface area contributed by atoms with E-state index >= 15 is 0 Å². The molecule has 110 valence electrons. The van der Waals surface area contributed by atoms with Crippen LogP contribution in [-0.2, 0) is 0 Å². The number of hydrogen-bond acceptors (Lipinski definition) is 3. The lowest BCUT2D eigenvalue weighted by molar-refractivity contribution is -0.384. The van der Waals surface area contributed by atoms with Crippen LogP contribution in [-0.4, -0.2) is 4.92 Å². The van der Waals surface area contributed by atoms with Crippen molar-refractivity contribution in [3.63, 3.8) is 0 Å². The van der Waals surface area contributed by atoms with Crippen LogP contribution in [0.5, 0.6) is 0 Å². The molecule has 0 aliphatic heterocycles. The summed E-state index contributed by atoms with van der Waals surface area (Å²) >= 11 is 0. The fourth-order valence-electron chi connectivity index (χ4n) is 2.23. The Hall–Kier alpha value is -2.27. The Bertz CT molecular complexity index is 628. The van der Waals surface area contributed by atoms with Crippen LogP contribution in [0.3, 0.4) is 0 Å². The van der Waals surface area contributed by atoms with E-state index in [1.807, 2.05) is 19.9 Å². The van der Waals surface area contributed by atoms with Gasteiger partial charge in [0.05, 0.1) is 4.92 Å². The summed E-state index contributed by atoms with van der Waals surface area (Å²) in [5.74, 6) is -0.260. The zero-order valence-corrected chi connectivity index (χ0v) is 11.9. The Morgan fingerprint density at radius 3 is 2.24 bits per heavy atom. The molecule has 0 saturated carbocycles. The van der Waals surface area contributed by atoms with E-state index < -0.39 is 4.92 Å².